The number of benzene rings is 3. The van der Waals surface area contributed by atoms with E-state index >= 15 is 0 Å². The molecule has 418 valence electrons. The Bertz CT molecular complexity index is 2940. The second kappa shape index (κ2) is 25.6. The van der Waals surface area contributed by atoms with Crippen LogP contribution in [0.25, 0.3) is 5.65 Å². The molecule has 0 spiro atoms. The van der Waals surface area contributed by atoms with E-state index in [0.717, 1.165) is 52.8 Å². The Labute approximate surface area is 458 Å². The van der Waals surface area contributed by atoms with Crippen molar-refractivity contribution in [3.63, 3.8) is 0 Å². The van der Waals surface area contributed by atoms with Crippen LogP contribution in [-0.2, 0) is 48.0 Å². The third-order valence-electron chi connectivity index (χ3n) is 15.0. The maximum Gasteiger partial charge on any atom is 0.259 e. The van der Waals surface area contributed by atoms with Gasteiger partial charge in [0.25, 0.3) is 5.91 Å². The predicted molar refractivity (Wildman–Crippen MR) is 296 cm³/mol. The van der Waals surface area contributed by atoms with Crippen LogP contribution >= 0.6 is 0 Å². The van der Waals surface area contributed by atoms with E-state index < -0.39 is 23.5 Å². The third kappa shape index (κ3) is 14.0. The van der Waals surface area contributed by atoms with Gasteiger partial charge in [-0.25, -0.2) is 9.50 Å². The van der Waals surface area contributed by atoms with Gasteiger partial charge in [-0.2, -0.15) is 5.10 Å². The first-order valence-corrected chi connectivity index (χ1v) is 27.4. The standard InChI is InChI=1S/C59H78N10O9/c1-37-17-20-50-46(31-37)39(3)62-51-21-23-69-54(64-51)47(34-61-69)57(73)67(35-38(2)78-50)25-24-66(9)52(70)22-26-75-27-28-76-29-30-77-44-19-18-42-33-49(56(72)63-48-16-12-14-41-13-10-11-15-45(41)48)68(36-43(42)32-44)58(74)53(59(5,6)7)65-55(71)40(4)60-8/h10-11,13,15,17-21,23,31-32,34,38-40,48-49,53,60H,12,14,16,22,24-30,33,35-36H2,1-9H3,(H,62,64)(H,63,72)(H,65,71)/t38-,39+,40+,48-,49+,53-/m0/s1. The molecule has 1 aliphatic carbocycles. The van der Waals surface area contributed by atoms with Gasteiger partial charge in [-0.3, -0.25) is 24.0 Å². The number of amides is 5. The Hall–Kier alpha value is -7.09. The monoisotopic (exact) mass is 1070 g/mol. The highest BCUT2D eigenvalue weighted by Gasteiger charge is 2.43. The number of ether oxygens (including phenoxy) is 4. The Morgan fingerprint density at radius 3 is 2.49 bits per heavy atom. The molecule has 8 rings (SSSR count). The molecular weight excluding hydrogens is 993 g/mol. The lowest BCUT2D eigenvalue weighted by Gasteiger charge is -2.41. The van der Waals surface area contributed by atoms with Crippen LogP contribution in [0, 0.1) is 12.3 Å². The first-order chi connectivity index (χ1) is 37.4. The minimum Gasteiger partial charge on any atom is -0.491 e. The van der Waals surface area contributed by atoms with Crippen LogP contribution in [0.3, 0.4) is 0 Å². The lowest BCUT2D eigenvalue weighted by Crippen LogP contribution is -2.62. The number of rotatable bonds is 19. The number of likely N-dealkylation sites (N-methyl/N-ethyl adjacent to an activating group) is 2. The van der Waals surface area contributed by atoms with E-state index in [0.29, 0.717) is 35.8 Å². The Kier molecular flexibility index (Phi) is 18.7. The van der Waals surface area contributed by atoms with Crippen molar-refractivity contribution in [3.05, 3.63) is 118 Å². The first kappa shape index (κ1) is 57.1. The summed E-state index contributed by atoms with van der Waals surface area (Å²) in [6.07, 6.45) is 6.11. The molecule has 19 heteroatoms. The fourth-order valence-corrected chi connectivity index (χ4v) is 10.3. The number of nitrogens with one attached hydrogen (secondary N) is 4. The second-order valence-electron chi connectivity index (χ2n) is 22.0. The maximum absolute atomic E-state index is 14.7. The predicted octanol–water partition coefficient (Wildman–Crippen LogP) is 5.98. The molecule has 0 saturated heterocycles. The van der Waals surface area contributed by atoms with Crippen LogP contribution in [0.2, 0.25) is 0 Å². The first-order valence-electron chi connectivity index (χ1n) is 27.4. The fourth-order valence-electron chi connectivity index (χ4n) is 10.3. The van der Waals surface area contributed by atoms with Gasteiger partial charge in [0.15, 0.2) is 5.65 Å². The molecule has 4 N–H and O–H groups in total. The molecule has 5 amide bonds. The number of aromatic nitrogens is 3. The molecule has 0 unspecified atom stereocenters. The van der Waals surface area contributed by atoms with E-state index in [-0.39, 0.29) is 107 Å². The number of hydrogen-bond donors (Lipinski definition) is 4. The van der Waals surface area contributed by atoms with Crippen molar-refractivity contribution in [2.45, 2.75) is 123 Å². The van der Waals surface area contributed by atoms with Gasteiger partial charge in [-0.05, 0) is 106 Å². The topological polar surface area (TPSA) is 210 Å². The van der Waals surface area contributed by atoms with Crippen molar-refractivity contribution in [3.8, 4) is 11.5 Å². The summed E-state index contributed by atoms with van der Waals surface area (Å²) in [5, 5.41) is 17.1. The van der Waals surface area contributed by atoms with E-state index in [1.165, 1.54) is 11.8 Å². The van der Waals surface area contributed by atoms with Gasteiger partial charge in [-0.15, -0.1) is 0 Å². The van der Waals surface area contributed by atoms with Gasteiger partial charge in [0, 0.05) is 44.9 Å². The molecule has 0 saturated carbocycles. The summed E-state index contributed by atoms with van der Waals surface area (Å²) < 4.78 is 25.8. The normalized spacial score (nSPS) is 19.1. The molecule has 2 aliphatic heterocycles. The van der Waals surface area contributed by atoms with Crippen LogP contribution in [0.15, 0.2) is 79.1 Å². The average molecular weight is 1070 g/mol. The number of anilines is 1. The average Bonchev–Trinajstić information content (AvgIpc) is 3.94. The summed E-state index contributed by atoms with van der Waals surface area (Å²) in [5.41, 5.74) is 6.34. The van der Waals surface area contributed by atoms with E-state index in [1.54, 1.807) is 46.4 Å². The van der Waals surface area contributed by atoms with Gasteiger partial charge < -0.3 is 54.9 Å². The molecule has 2 bridgehead atoms. The second-order valence-corrected chi connectivity index (χ2v) is 22.0. The van der Waals surface area contributed by atoms with Gasteiger partial charge >= 0.3 is 0 Å². The number of hydrogen-bond acceptors (Lipinski definition) is 13. The summed E-state index contributed by atoms with van der Waals surface area (Å²) in [6.45, 7) is 15.8. The molecular formula is C59H78N10O9. The zero-order chi connectivity index (χ0) is 55.7. The van der Waals surface area contributed by atoms with E-state index in [1.807, 2.05) is 90.1 Å². The Morgan fingerprint density at radius 2 is 1.71 bits per heavy atom. The minimum atomic E-state index is -0.895. The zero-order valence-electron chi connectivity index (χ0n) is 46.7. The van der Waals surface area contributed by atoms with Crippen molar-refractivity contribution in [2.75, 3.05) is 72.1 Å². The molecule has 2 aromatic heterocycles. The summed E-state index contributed by atoms with van der Waals surface area (Å²) in [4.78, 5) is 79.5. The van der Waals surface area contributed by atoms with Crippen molar-refractivity contribution in [1.29, 1.82) is 0 Å². The molecule has 6 atom stereocenters. The number of carbonyl (C=O) groups is 5. The fraction of sp³-hybridized carbons (Fsp3) is 0.508. The Balaban J connectivity index is 0.806. The van der Waals surface area contributed by atoms with Crippen molar-refractivity contribution < 1.29 is 42.9 Å². The lowest BCUT2D eigenvalue weighted by molar-refractivity contribution is -0.147. The summed E-state index contributed by atoms with van der Waals surface area (Å²) in [7, 11) is 3.41. The smallest absolute Gasteiger partial charge is 0.259 e. The van der Waals surface area contributed by atoms with Crippen molar-refractivity contribution in [2.24, 2.45) is 5.41 Å². The molecule has 3 aromatic carbocycles. The maximum atomic E-state index is 14.7. The SMILES string of the molecule is CN[C@H](C)C(=O)N[C@@H](C(=O)N1Cc2cc(OCCOCCOCCC(=O)N(C)CCN3C[C@H](C)Oc4ccc(C)cc4[C@@H](C)Nc4ccn5ncc(c5n4)C3=O)ccc2C[C@@H]1C(=O)N[C@H]1CCCc2ccccc21)C(C)(C)C. The van der Waals surface area contributed by atoms with Crippen molar-refractivity contribution in [1.82, 2.24) is 45.2 Å². The number of fused-ring (bicyclic) bond motifs is 4. The molecule has 19 nitrogen and oxygen atoms in total. The van der Waals surface area contributed by atoms with Crippen LogP contribution in [-0.4, -0.2) is 150 Å². The molecule has 0 radical (unpaired) electrons. The van der Waals surface area contributed by atoms with Gasteiger partial charge in [-0.1, -0.05) is 68.8 Å². The van der Waals surface area contributed by atoms with Gasteiger partial charge in [0.05, 0.1) is 63.7 Å². The zero-order valence-corrected chi connectivity index (χ0v) is 46.7. The number of nitrogens with zero attached hydrogens (tertiary/aromatic N) is 6. The van der Waals surface area contributed by atoms with Crippen molar-refractivity contribution >= 4 is 41.0 Å². The largest absolute Gasteiger partial charge is 0.491 e. The van der Waals surface area contributed by atoms with Gasteiger partial charge in [0.1, 0.15) is 47.7 Å². The minimum absolute atomic E-state index is 0.125. The molecule has 4 heterocycles. The highest BCUT2D eigenvalue weighted by molar-refractivity contribution is 6.00. The number of carbonyl (C=O) groups excluding carboxylic acids is 5. The summed E-state index contributed by atoms with van der Waals surface area (Å²) >= 11 is 0. The van der Waals surface area contributed by atoms with E-state index in [4.69, 9.17) is 23.9 Å². The van der Waals surface area contributed by atoms with Crippen LogP contribution in [0.4, 0.5) is 5.82 Å². The quantitative estimate of drug-likeness (QED) is 0.0703. The van der Waals surface area contributed by atoms with Crippen LogP contribution < -0.4 is 30.7 Å². The molecule has 3 aliphatic rings. The van der Waals surface area contributed by atoms with Crippen LogP contribution in [0.5, 0.6) is 11.5 Å². The van der Waals surface area contributed by atoms with Crippen LogP contribution in [0.1, 0.15) is 117 Å². The van der Waals surface area contributed by atoms with Gasteiger partial charge in [0.2, 0.25) is 23.6 Å². The lowest BCUT2D eigenvalue weighted by atomic mass is 9.83. The summed E-state index contributed by atoms with van der Waals surface area (Å²) in [6, 6.07) is 19.3. The van der Waals surface area contributed by atoms with E-state index in [2.05, 4.69) is 44.6 Å². The molecule has 78 heavy (non-hydrogen) atoms. The number of aryl methyl sites for hydroxylation is 2. The highest BCUT2D eigenvalue weighted by Crippen LogP contribution is 2.34. The third-order valence-corrected chi connectivity index (χ3v) is 15.0. The molecule has 5 aromatic rings. The van der Waals surface area contributed by atoms with E-state index in [9.17, 15) is 24.0 Å². The highest BCUT2D eigenvalue weighted by atomic mass is 16.5. The Morgan fingerprint density at radius 1 is 0.936 bits per heavy atom. The summed E-state index contributed by atoms with van der Waals surface area (Å²) in [5.74, 6) is 0.681. The molecule has 0 fully saturated rings.